The van der Waals surface area contributed by atoms with E-state index in [4.69, 9.17) is 17.0 Å². The van der Waals surface area contributed by atoms with Crippen LogP contribution < -0.4 is 10.6 Å². The minimum atomic E-state index is -0.704. The molecule has 0 aliphatic rings. The minimum absolute atomic E-state index is 0.00987. The van der Waals surface area contributed by atoms with Gasteiger partial charge < -0.3 is 19.9 Å². The van der Waals surface area contributed by atoms with Crippen molar-refractivity contribution in [1.29, 1.82) is 0 Å². The minimum Gasteiger partial charge on any atom is -0.447 e. The second-order valence-corrected chi connectivity index (χ2v) is 13.2. The van der Waals surface area contributed by atoms with E-state index in [2.05, 4.69) is 98.5 Å². The molecule has 240 valence electrons. The van der Waals surface area contributed by atoms with Crippen LogP contribution in [0.2, 0.25) is 0 Å². The van der Waals surface area contributed by atoms with E-state index in [1.165, 1.54) is 11.1 Å². The monoisotopic (exact) mass is 620 g/mol. The second kappa shape index (κ2) is 15.1. The van der Waals surface area contributed by atoms with Gasteiger partial charge in [0, 0.05) is 36.0 Å². The fraction of sp³-hybridized carbons (Fsp3) is 0.528. The number of hydrogen-bond donors (Lipinski definition) is 3. The molecule has 44 heavy (non-hydrogen) atoms. The summed E-state index contributed by atoms with van der Waals surface area (Å²) in [6.07, 6.45) is 1.99. The number of ether oxygens (including phenoxy) is 1. The Morgan fingerprint density at radius 3 is 2.20 bits per heavy atom. The number of nitrogens with zero attached hydrogens (tertiary/aromatic N) is 1. The Labute approximate surface area is 269 Å². The van der Waals surface area contributed by atoms with E-state index in [1.54, 1.807) is 13.8 Å². The predicted molar refractivity (Wildman–Crippen MR) is 186 cm³/mol. The fourth-order valence-corrected chi connectivity index (χ4v) is 6.26. The van der Waals surface area contributed by atoms with E-state index < -0.39 is 11.5 Å². The van der Waals surface area contributed by atoms with E-state index >= 15 is 0 Å². The lowest BCUT2D eigenvalue weighted by Crippen LogP contribution is -2.48. The Bertz CT molecular complexity index is 1450. The molecule has 3 rings (SSSR count). The number of thiocarbonyl (C=S) groups is 1. The second-order valence-electron chi connectivity index (χ2n) is 12.8. The first kappa shape index (κ1) is 35.1. The van der Waals surface area contributed by atoms with E-state index in [-0.39, 0.29) is 29.1 Å². The number of carbonyl (C=O) groups is 2. The Balaban J connectivity index is 2.08. The predicted octanol–water partition coefficient (Wildman–Crippen LogP) is 8.27. The number of amides is 2. The van der Waals surface area contributed by atoms with Gasteiger partial charge in [-0.1, -0.05) is 51.0 Å². The average molecular weight is 621 g/mol. The molecule has 0 spiro atoms. The van der Waals surface area contributed by atoms with Crippen LogP contribution in [0.4, 0.5) is 4.79 Å². The first-order chi connectivity index (χ1) is 20.7. The van der Waals surface area contributed by atoms with Crippen molar-refractivity contribution in [2.45, 2.75) is 112 Å². The van der Waals surface area contributed by atoms with E-state index in [1.807, 2.05) is 13.8 Å². The van der Waals surface area contributed by atoms with Crippen LogP contribution in [-0.2, 0) is 14.9 Å². The van der Waals surface area contributed by atoms with Gasteiger partial charge in [0.25, 0.3) is 0 Å². The summed E-state index contributed by atoms with van der Waals surface area (Å²) in [5, 5.41) is 7.10. The van der Waals surface area contributed by atoms with Crippen molar-refractivity contribution in [3.8, 4) is 11.3 Å². The van der Waals surface area contributed by atoms with Gasteiger partial charge in [-0.15, -0.1) is 0 Å². The molecule has 1 atom stereocenters. The molecule has 3 aromatic rings. The Hall–Kier alpha value is -3.39. The lowest BCUT2D eigenvalue weighted by atomic mass is 9.81. The van der Waals surface area contributed by atoms with Crippen LogP contribution in [0.1, 0.15) is 103 Å². The van der Waals surface area contributed by atoms with Gasteiger partial charge in [-0.05, 0) is 114 Å². The van der Waals surface area contributed by atoms with Gasteiger partial charge in [-0.2, -0.15) is 0 Å². The third-order valence-electron chi connectivity index (χ3n) is 8.33. The number of nitrogens with one attached hydrogen (secondary N) is 3. The Kier molecular flexibility index (Phi) is 12.0. The summed E-state index contributed by atoms with van der Waals surface area (Å²) in [4.78, 5) is 32.0. The Morgan fingerprint density at radius 1 is 1.00 bits per heavy atom. The van der Waals surface area contributed by atoms with Crippen molar-refractivity contribution < 1.29 is 14.3 Å². The summed E-state index contributed by atoms with van der Waals surface area (Å²) in [6, 6.07) is 13.2. The fourth-order valence-electron chi connectivity index (χ4n) is 6.09. The summed E-state index contributed by atoms with van der Waals surface area (Å²) in [7, 11) is 0. The molecule has 2 amide bonds. The lowest BCUT2D eigenvalue weighted by Gasteiger charge is -2.37. The highest BCUT2D eigenvalue weighted by molar-refractivity contribution is 7.80. The summed E-state index contributed by atoms with van der Waals surface area (Å²) in [5.74, 6) is 0.175. The van der Waals surface area contributed by atoms with E-state index in [0.717, 1.165) is 59.1 Å². The van der Waals surface area contributed by atoms with Gasteiger partial charge in [0.05, 0.1) is 17.2 Å². The maximum Gasteiger partial charge on any atom is 0.413 e. The zero-order valence-electron chi connectivity index (χ0n) is 28.3. The van der Waals surface area contributed by atoms with Gasteiger partial charge in [-0.25, -0.2) is 4.79 Å². The van der Waals surface area contributed by atoms with Gasteiger partial charge >= 0.3 is 6.09 Å². The number of H-pyrrole nitrogens is 1. The number of aromatic nitrogens is 1. The van der Waals surface area contributed by atoms with Crippen molar-refractivity contribution in [2.24, 2.45) is 0 Å². The smallest absolute Gasteiger partial charge is 0.413 e. The Morgan fingerprint density at radius 2 is 1.64 bits per heavy atom. The van der Waals surface area contributed by atoms with Crippen LogP contribution in [0, 0.1) is 13.8 Å². The van der Waals surface area contributed by atoms with Gasteiger partial charge in [0.2, 0.25) is 5.91 Å². The molecule has 7 nitrogen and oxygen atoms in total. The number of fused-ring (bicyclic) bond motifs is 1. The van der Waals surface area contributed by atoms with Crippen molar-refractivity contribution in [1.82, 2.24) is 20.5 Å². The van der Waals surface area contributed by atoms with Crippen molar-refractivity contribution in [3.05, 3.63) is 58.7 Å². The molecule has 0 bridgehead atoms. The highest BCUT2D eigenvalue weighted by Crippen LogP contribution is 2.39. The molecule has 0 saturated carbocycles. The highest BCUT2D eigenvalue weighted by atomic mass is 32.1. The van der Waals surface area contributed by atoms with Gasteiger partial charge in [0.1, 0.15) is 0 Å². The standard InChI is InChI=1S/C36H52N4O3S/c1-11-16-40(28(12-2)13-3)33(41)36(9,10)27-14-15-30-29(20-27)31(32(38-30)26-18-23(6)17-24(7)19-26)25(8)21-37-34(44)39-35(42)43-22(4)5/h14-15,17-20,22,25,28,38H,11-13,16,21H2,1-10H3,(H2,37,39,42,44)/t25-/m1/s1. The number of hydrogen-bond acceptors (Lipinski definition) is 4. The lowest BCUT2D eigenvalue weighted by molar-refractivity contribution is -0.139. The molecule has 2 aromatic carbocycles. The summed E-state index contributed by atoms with van der Waals surface area (Å²) < 4.78 is 5.17. The molecule has 0 saturated heterocycles. The summed E-state index contributed by atoms with van der Waals surface area (Å²) in [5.41, 5.74) is 6.98. The first-order valence-corrected chi connectivity index (χ1v) is 16.4. The maximum atomic E-state index is 14.2. The largest absolute Gasteiger partial charge is 0.447 e. The summed E-state index contributed by atoms with van der Waals surface area (Å²) >= 11 is 5.40. The molecular weight excluding hydrogens is 568 g/mol. The normalized spacial score (nSPS) is 12.5. The zero-order valence-corrected chi connectivity index (χ0v) is 29.1. The molecule has 0 unspecified atom stereocenters. The summed E-state index contributed by atoms with van der Waals surface area (Å²) in [6.45, 7) is 21.7. The molecular formula is C36H52N4O3S. The number of benzene rings is 2. The number of carbonyl (C=O) groups excluding carboxylic acids is 2. The average Bonchev–Trinajstić information content (AvgIpc) is 3.34. The van der Waals surface area contributed by atoms with Crippen LogP contribution in [0.25, 0.3) is 22.2 Å². The molecule has 8 heteroatoms. The molecule has 0 fully saturated rings. The number of alkyl carbamates (subject to hydrolysis) is 1. The van der Waals surface area contributed by atoms with Crippen LogP contribution in [-0.4, -0.2) is 52.2 Å². The van der Waals surface area contributed by atoms with Gasteiger partial charge in [-0.3, -0.25) is 10.1 Å². The van der Waals surface area contributed by atoms with Crippen molar-refractivity contribution in [2.75, 3.05) is 13.1 Å². The molecule has 0 aliphatic carbocycles. The van der Waals surface area contributed by atoms with Crippen molar-refractivity contribution >= 4 is 40.2 Å². The highest BCUT2D eigenvalue weighted by Gasteiger charge is 2.36. The molecule has 1 aromatic heterocycles. The van der Waals surface area contributed by atoms with Crippen LogP contribution in [0.15, 0.2) is 36.4 Å². The SMILES string of the molecule is CCCN(C(=O)C(C)(C)c1ccc2[nH]c(-c3cc(C)cc(C)c3)c([C@H](C)CNC(=S)NC(=O)OC(C)C)c2c1)C(CC)CC. The number of aryl methyl sites for hydroxylation is 2. The zero-order chi connectivity index (χ0) is 32.8. The molecule has 3 N–H and O–H groups in total. The molecule has 1 heterocycles. The van der Waals surface area contributed by atoms with Crippen LogP contribution >= 0.6 is 12.2 Å². The molecule has 0 radical (unpaired) electrons. The number of rotatable bonds is 12. The third kappa shape index (κ3) is 8.20. The van der Waals surface area contributed by atoms with Gasteiger partial charge in [0.15, 0.2) is 5.11 Å². The van der Waals surface area contributed by atoms with E-state index in [9.17, 15) is 9.59 Å². The van der Waals surface area contributed by atoms with E-state index in [0.29, 0.717) is 6.54 Å². The maximum absolute atomic E-state index is 14.2. The van der Waals surface area contributed by atoms with Crippen LogP contribution in [0.3, 0.4) is 0 Å². The van der Waals surface area contributed by atoms with Crippen LogP contribution in [0.5, 0.6) is 0 Å². The topological polar surface area (TPSA) is 86.5 Å². The quantitative estimate of drug-likeness (QED) is 0.178. The third-order valence-corrected chi connectivity index (χ3v) is 8.58. The van der Waals surface area contributed by atoms with Crippen molar-refractivity contribution in [3.63, 3.8) is 0 Å². The number of aromatic amines is 1. The first-order valence-electron chi connectivity index (χ1n) is 16.0. The molecule has 0 aliphatic heterocycles.